The van der Waals surface area contributed by atoms with Crippen LogP contribution >= 0.6 is 22.3 Å². The van der Waals surface area contributed by atoms with Gasteiger partial charge in [0, 0.05) is 9.94 Å². The maximum atomic E-state index is 10.7. The Morgan fingerprint density at radius 3 is 2.00 bits per heavy atom. The molecule has 0 fully saturated rings. The van der Waals surface area contributed by atoms with Gasteiger partial charge in [0.2, 0.25) is 0 Å². The second-order valence-corrected chi connectivity index (χ2v) is 4.00. The number of allylic oxidation sites excluding steroid dienone is 2. The van der Waals surface area contributed by atoms with Crippen LogP contribution in [0.2, 0.25) is 0 Å². The summed E-state index contributed by atoms with van der Waals surface area (Å²) >= 11 is 5.73. The summed E-state index contributed by atoms with van der Waals surface area (Å²) in [5.74, 6) is 0. The van der Waals surface area contributed by atoms with Gasteiger partial charge in [-0.05, 0) is 23.5 Å². The third-order valence-corrected chi connectivity index (χ3v) is 3.22. The van der Waals surface area contributed by atoms with Crippen molar-refractivity contribution in [2.24, 2.45) is 0 Å². The number of halogens is 2. The molecule has 0 spiro atoms. The summed E-state index contributed by atoms with van der Waals surface area (Å²) in [7, 11) is 3.93. The van der Waals surface area contributed by atoms with Crippen LogP contribution in [0.25, 0.3) is 0 Å². The number of hydrogen-bond donors (Lipinski definition) is 0. The van der Waals surface area contributed by atoms with E-state index in [4.69, 9.17) is 22.3 Å². The first kappa shape index (κ1) is 10.5. The molecule has 0 bridgehead atoms. The van der Waals surface area contributed by atoms with E-state index in [1.54, 1.807) is 0 Å². The van der Waals surface area contributed by atoms with Crippen molar-refractivity contribution in [3.8, 4) is 0 Å². The molecule has 1 atom stereocenters. The molecule has 0 aliphatic carbocycles. The summed E-state index contributed by atoms with van der Waals surface area (Å²) in [5.41, 5.74) is 0. The van der Waals surface area contributed by atoms with E-state index < -0.39 is 10.0 Å². The average molecular weight is 201 g/mol. The summed E-state index contributed by atoms with van der Waals surface area (Å²) < 4.78 is 10.7. The monoisotopic (exact) mass is 200 g/mol. The highest BCUT2D eigenvalue weighted by Crippen LogP contribution is 2.21. The van der Waals surface area contributed by atoms with E-state index >= 15 is 0 Å². The summed E-state index contributed by atoms with van der Waals surface area (Å²) in [6.45, 7) is 3.79. The van der Waals surface area contributed by atoms with E-state index in [0.29, 0.717) is 22.8 Å². The van der Waals surface area contributed by atoms with Gasteiger partial charge in [-0.2, -0.15) is 0 Å². The SMILES string of the molecule is CC/C(Cl)=C(/CC)S(=O)Cl. The molecule has 0 saturated heterocycles. The van der Waals surface area contributed by atoms with Crippen LogP contribution in [-0.4, -0.2) is 4.21 Å². The van der Waals surface area contributed by atoms with E-state index in [1.807, 2.05) is 13.8 Å². The fourth-order valence-corrected chi connectivity index (χ4v) is 2.20. The van der Waals surface area contributed by atoms with Crippen LogP contribution in [0.3, 0.4) is 0 Å². The van der Waals surface area contributed by atoms with Crippen LogP contribution in [0.15, 0.2) is 9.94 Å². The Kier molecular flexibility index (Phi) is 5.41. The third-order valence-electron chi connectivity index (χ3n) is 1.13. The van der Waals surface area contributed by atoms with E-state index in [9.17, 15) is 4.21 Å². The van der Waals surface area contributed by atoms with E-state index in [0.717, 1.165) is 0 Å². The molecule has 10 heavy (non-hydrogen) atoms. The van der Waals surface area contributed by atoms with Crippen molar-refractivity contribution in [2.75, 3.05) is 0 Å². The van der Waals surface area contributed by atoms with Crippen molar-refractivity contribution in [3.05, 3.63) is 9.94 Å². The smallest absolute Gasteiger partial charge is 0.144 e. The molecule has 0 saturated carbocycles. The highest BCUT2D eigenvalue weighted by Gasteiger charge is 2.05. The summed E-state index contributed by atoms with van der Waals surface area (Å²) in [6.07, 6.45) is 1.35. The van der Waals surface area contributed by atoms with Gasteiger partial charge in [-0.1, -0.05) is 25.4 Å². The first-order chi connectivity index (χ1) is 4.63. The normalized spacial score (nSPS) is 16.4. The first-order valence-electron chi connectivity index (χ1n) is 3.09. The van der Waals surface area contributed by atoms with Crippen molar-refractivity contribution in [1.29, 1.82) is 0 Å². The van der Waals surface area contributed by atoms with Crippen LogP contribution in [0.4, 0.5) is 0 Å². The van der Waals surface area contributed by atoms with Crippen LogP contribution in [0.1, 0.15) is 26.7 Å². The summed E-state index contributed by atoms with van der Waals surface area (Å²) in [5, 5.41) is 0.621. The van der Waals surface area contributed by atoms with Crippen molar-refractivity contribution in [2.45, 2.75) is 26.7 Å². The quantitative estimate of drug-likeness (QED) is 0.641. The van der Waals surface area contributed by atoms with Crippen LogP contribution in [0.5, 0.6) is 0 Å². The highest BCUT2D eigenvalue weighted by molar-refractivity contribution is 8.11. The molecule has 60 valence electrons. The Balaban J connectivity index is 4.45. The number of rotatable bonds is 3. The summed E-state index contributed by atoms with van der Waals surface area (Å²) in [4.78, 5) is 0.644. The molecule has 0 rings (SSSR count). The van der Waals surface area contributed by atoms with E-state index in [-0.39, 0.29) is 0 Å². The lowest BCUT2D eigenvalue weighted by molar-refractivity contribution is 0.693. The molecule has 0 aromatic heterocycles. The van der Waals surface area contributed by atoms with Crippen molar-refractivity contribution < 1.29 is 4.21 Å². The Morgan fingerprint density at radius 2 is 1.90 bits per heavy atom. The zero-order valence-electron chi connectivity index (χ0n) is 5.99. The average Bonchev–Trinajstić information content (AvgIpc) is 1.88. The molecule has 0 heterocycles. The second kappa shape index (κ2) is 5.16. The van der Waals surface area contributed by atoms with Gasteiger partial charge in [-0.15, -0.1) is 0 Å². The zero-order valence-corrected chi connectivity index (χ0v) is 8.31. The molecule has 4 heteroatoms. The van der Waals surface area contributed by atoms with Gasteiger partial charge in [0.1, 0.15) is 10.0 Å². The molecule has 0 aliphatic heterocycles. The number of hydrogen-bond acceptors (Lipinski definition) is 1. The predicted molar refractivity (Wildman–Crippen MR) is 47.5 cm³/mol. The lowest BCUT2D eigenvalue weighted by Crippen LogP contribution is -1.87. The third kappa shape index (κ3) is 3.04. The fraction of sp³-hybridized carbons (Fsp3) is 0.667. The van der Waals surface area contributed by atoms with Gasteiger partial charge >= 0.3 is 0 Å². The van der Waals surface area contributed by atoms with Crippen LogP contribution in [-0.2, 0) is 10.0 Å². The van der Waals surface area contributed by atoms with Crippen molar-refractivity contribution in [3.63, 3.8) is 0 Å². The maximum Gasteiger partial charge on any atom is 0.144 e. The Morgan fingerprint density at radius 1 is 1.40 bits per heavy atom. The van der Waals surface area contributed by atoms with Crippen LogP contribution in [0, 0.1) is 0 Å². The molecule has 0 amide bonds. The Bertz CT molecular complexity index is 165. The molecular formula is C6H10Cl2OS. The molecule has 0 aliphatic rings. The molecule has 1 nitrogen and oxygen atoms in total. The minimum atomic E-state index is -1.41. The Labute approximate surface area is 73.4 Å². The fourth-order valence-electron chi connectivity index (χ4n) is 0.590. The van der Waals surface area contributed by atoms with E-state index in [2.05, 4.69) is 0 Å². The van der Waals surface area contributed by atoms with Crippen molar-refractivity contribution >= 4 is 32.3 Å². The topological polar surface area (TPSA) is 17.1 Å². The van der Waals surface area contributed by atoms with Gasteiger partial charge in [0.05, 0.1) is 0 Å². The molecule has 0 radical (unpaired) electrons. The van der Waals surface area contributed by atoms with Gasteiger partial charge in [0.15, 0.2) is 0 Å². The van der Waals surface area contributed by atoms with E-state index in [1.165, 1.54) is 0 Å². The lowest BCUT2D eigenvalue weighted by Gasteiger charge is -1.99. The second-order valence-electron chi connectivity index (χ2n) is 1.76. The molecular weight excluding hydrogens is 191 g/mol. The van der Waals surface area contributed by atoms with Gasteiger partial charge in [0.25, 0.3) is 0 Å². The minimum absolute atomic E-state index is 0.621. The first-order valence-corrected chi connectivity index (χ1v) is 5.44. The van der Waals surface area contributed by atoms with Gasteiger partial charge in [-0.25, -0.2) is 4.21 Å². The standard InChI is InChI=1S/C6H10Cl2OS/c1-3-5(7)6(4-2)10(8)9/h3-4H2,1-2H3/b6-5+. The Hall–Kier alpha value is 0.470. The largest absolute Gasteiger partial charge is 0.238 e. The zero-order chi connectivity index (χ0) is 8.15. The lowest BCUT2D eigenvalue weighted by atomic mass is 10.3. The molecule has 0 aromatic rings. The maximum absolute atomic E-state index is 10.7. The molecule has 0 aromatic carbocycles. The predicted octanol–water partition coefficient (Wildman–Crippen LogP) is 3.16. The minimum Gasteiger partial charge on any atom is -0.238 e. The van der Waals surface area contributed by atoms with Gasteiger partial charge in [-0.3, -0.25) is 0 Å². The van der Waals surface area contributed by atoms with Crippen molar-refractivity contribution in [1.82, 2.24) is 0 Å². The van der Waals surface area contributed by atoms with Gasteiger partial charge < -0.3 is 0 Å². The van der Waals surface area contributed by atoms with Crippen LogP contribution < -0.4 is 0 Å². The summed E-state index contributed by atoms with van der Waals surface area (Å²) in [6, 6.07) is 0. The highest BCUT2D eigenvalue weighted by atomic mass is 35.7. The molecule has 0 N–H and O–H groups in total. The molecule has 1 unspecified atom stereocenters.